The first-order valence-electron chi connectivity index (χ1n) is 6.69. The van der Waals surface area contributed by atoms with Crippen molar-refractivity contribution in [1.82, 2.24) is 14.9 Å². The van der Waals surface area contributed by atoms with Crippen molar-refractivity contribution in [3.63, 3.8) is 0 Å². The van der Waals surface area contributed by atoms with Gasteiger partial charge in [-0.25, -0.2) is 4.52 Å². The number of rotatable bonds is 5. The molecule has 3 rings (SSSR count). The second-order valence-electron chi connectivity index (χ2n) is 4.75. The second kappa shape index (κ2) is 6.20. The fraction of sp³-hybridized carbons (Fsp3) is 0.188. The molecule has 2 aromatic heterocycles. The van der Waals surface area contributed by atoms with E-state index in [4.69, 9.17) is 0 Å². The summed E-state index contributed by atoms with van der Waals surface area (Å²) in [4.78, 5) is 0. The number of fused-ring (bicyclic) bond motifs is 1. The van der Waals surface area contributed by atoms with Crippen LogP contribution >= 0.6 is 15.9 Å². The highest BCUT2D eigenvalue weighted by Crippen LogP contribution is 2.15. The average molecular weight is 330 g/mol. The summed E-state index contributed by atoms with van der Waals surface area (Å²) in [5.74, 6) is 0. The molecule has 3 nitrogen and oxygen atoms in total. The van der Waals surface area contributed by atoms with Crippen LogP contribution in [0.4, 0.5) is 0 Å². The quantitative estimate of drug-likeness (QED) is 0.726. The molecule has 1 N–H and O–H groups in total. The van der Waals surface area contributed by atoms with Crippen LogP contribution < -0.4 is 5.32 Å². The van der Waals surface area contributed by atoms with Gasteiger partial charge in [0.25, 0.3) is 0 Å². The highest BCUT2D eigenvalue weighted by Gasteiger charge is 1.99. The van der Waals surface area contributed by atoms with E-state index in [-0.39, 0.29) is 0 Å². The van der Waals surface area contributed by atoms with Crippen LogP contribution in [0, 0.1) is 0 Å². The minimum Gasteiger partial charge on any atom is -0.312 e. The summed E-state index contributed by atoms with van der Waals surface area (Å²) in [6.45, 7) is 1.85. The third-order valence-corrected chi connectivity index (χ3v) is 4.10. The van der Waals surface area contributed by atoms with Gasteiger partial charge < -0.3 is 5.32 Å². The lowest BCUT2D eigenvalue weighted by molar-refractivity contribution is 0.685. The molecule has 102 valence electrons. The molecule has 20 heavy (non-hydrogen) atoms. The standard InChI is InChI=1S/C16H16BrN3/c17-16-4-2-1-3-14(16)5-8-18-12-13-7-10-20-15(11-13)6-9-19-20/h1-4,6-7,9-11,18H,5,8,12H2. The van der Waals surface area contributed by atoms with Gasteiger partial charge in [0, 0.05) is 23.4 Å². The molecule has 0 bridgehead atoms. The predicted molar refractivity (Wildman–Crippen MR) is 84.7 cm³/mol. The largest absolute Gasteiger partial charge is 0.312 e. The number of benzene rings is 1. The lowest BCUT2D eigenvalue weighted by atomic mass is 10.1. The molecule has 0 atom stereocenters. The van der Waals surface area contributed by atoms with E-state index in [0.29, 0.717) is 0 Å². The summed E-state index contributed by atoms with van der Waals surface area (Å²) in [6.07, 6.45) is 4.84. The minimum absolute atomic E-state index is 0.881. The minimum atomic E-state index is 0.881. The molecule has 0 aliphatic rings. The number of pyridine rings is 1. The average Bonchev–Trinajstić information content (AvgIpc) is 2.93. The zero-order chi connectivity index (χ0) is 13.8. The van der Waals surface area contributed by atoms with Gasteiger partial charge in [0.1, 0.15) is 0 Å². The Bertz CT molecular complexity index is 706. The number of nitrogens with zero attached hydrogens (tertiary/aromatic N) is 2. The summed E-state index contributed by atoms with van der Waals surface area (Å²) in [5.41, 5.74) is 3.76. The number of aromatic nitrogens is 2. The smallest absolute Gasteiger partial charge is 0.0664 e. The first-order chi connectivity index (χ1) is 9.83. The van der Waals surface area contributed by atoms with Gasteiger partial charge in [0.15, 0.2) is 0 Å². The van der Waals surface area contributed by atoms with Crippen molar-refractivity contribution < 1.29 is 0 Å². The van der Waals surface area contributed by atoms with Gasteiger partial charge in [0.2, 0.25) is 0 Å². The van der Waals surface area contributed by atoms with E-state index < -0.39 is 0 Å². The van der Waals surface area contributed by atoms with Gasteiger partial charge in [-0.1, -0.05) is 34.1 Å². The van der Waals surface area contributed by atoms with Crippen molar-refractivity contribution in [2.75, 3.05) is 6.54 Å². The van der Waals surface area contributed by atoms with Crippen LogP contribution in [0.2, 0.25) is 0 Å². The molecular weight excluding hydrogens is 314 g/mol. The number of halogens is 1. The fourth-order valence-electron chi connectivity index (χ4n) is 2.23. The van der Waals surface area contributed by atoms with E-state index in [1.165, 1.54) is 15.6 Å². The van der Waals surface area contributed by atoms with Crippen molar-refractivity contribution in [1.29, 1.82) is 0 Å². The van der Waals surface area contributed by atoms with Crippen molar-refractivity contribution in [3.8, 4) is 0 Å². The lowest BCUT2D eigenvalue weighted by Crippen LogP contribution is -2.16. The Balaban J connectivity index is 1.53. The predicted octanol–water partition coefficient (Wildman–Crippen LogP) is 3.43. The van der Waals surface area contributed by atoms with Crippen LogP contribution in [0.1, 0.15) is 11.1 Å². The van der Waals surface area contributed by atoms with E-state index >= 15 is 0 Å². The Morgan fingerprint density at radius 3 is 2.95 bits per heavy atom. The first kappa shape index (κ1) is 13.3. The third kappa shape index (κ3) is 3.08. The molecular formula is C16H16BrN3. The molecule has 4 heteroatoms. The topological polar surface area (TPSA) is 29.3 Å². The zero-order valence-electron chi connectivity index (χ0n) is 11.1. The van der Waals surface area contributed by atoms with E-state index in [9.17, 15) is 0 Å². The normalized spacial score (nSPS) is 11.1. The number of hydrogen-bond acceptors (Lipinski definition) is 2. The third-order valence-electron chi connectivity index (χ3n) is 3.32. The van der Waals surface area contributed by atoms with Gasteiger partial charge in [-0.15, -0.1) is 0 Å². The van der Waals surface area contributed by atoms with E-state index in [2.05, 4.69) is 56.7 Å². The highest BCUT2D eigenvalue weighted by atomic mass is 79.9. The van der Waals surface area contributed by atoms with Crippen molar-refractivity contribution in [3.05, 3.63) is 70.5 Å². The second-order valence-corrected chi connectivity index (χ2v) is 5.61. The van der Waals surface area contributed by atoms with E-state index in [0.717, 1.165) is 25.0 Å². The molecule has 0 aliphatic carbocycles. The molecule has 1 aromatic carbocycles. The van der Waals surface area contributed by atoms with Gasteiger partial charge in [0.05, 0.1) is 5.52 Å². The van der Waals surface area contributed by atoms with E-state index in [1.807, 2.05) is 29.0 Å². The number of hydrogen-bond donors (Lipinski definition) is 1. The zero-order valence-corrected chi connectivity index (χ0v) is 12.7. The molecule has 0 unspecified atom stereocenters. The van der Waals surface area contributed by atoms with Crippen LogP contribution in [0.3, 0.4) is 0 Å². The van der Waals surface area contributed by atoms with Crippen LogP contribution in [-0.2, 0) is 13.0 Å². The monoisotopic (exact) mass is 329 g/mol. The van der Waals surface area contributed by atoms with Crippen molar-refractivity contribution >= 4 is 21.4 Å². The Hall–Kier alpha value is -1.65. The Morgan fingerprint density at radius 1 is 1.15 bits per heavy atom. The molecule has 0 saturated carbocycles. The molecule has 0 spiro atoms. The molecule has 0 radical (unpaired) electrons. The molecule has 0 fully saturated rings. The Kier molecular flexibility index (Phi) is 4.14. The summed E-state index contributed by atoms with van der Waals surface area (Å²) < 4.78 is 3.06. The summed E-state index contributed by atoms with van der Waals surface area (Å²) in [5, 5.41) is 7.68. The maximum absolute atomic E-state index is 4.20. The van der Waals surface area contributed by atoms with Gasteiger partial charge >= 0.3 is 0 Å². The summed E-state index contributed by atoms with van der Waals surface area (Å²) in [6, 6.07) is 14.6. The van der Waals surface area contributed by atoms with E-state index in [1.54, 1.807) is 0 Å². The molecule has 0 saturated heterocycles. The summed E-state index contributed by atoms with van der Waals surface area (Å²) in [7, 11) is 0. The fourth-order valence-corrected chi connectivity index (χ4v) is 2.72. The summed E-state index contributed by atoms with van der Waals surface area (Å²) >= 11 is 3.58. The van der Waals surface area contributed by atoms with Crippen molar-refractivity contribution in [2.24, 2.45) is 0 Å². The highest BCUT2D eigenvalue weighted by molar-refractivity contribution is 9.10. The van der Waals surface area contributed by atoms with Crippen molar-refractivity contribution in [2.45, 2.75) is 13.0 Å². The van der Waals surface area contributed by atoms with Gasteiger partial charge in [-0.05, 0) is 48.4 Å². The van der Waals surface area contributed by atoms with Gasteiger partial charge in [-0.3, -0.25) is 0 Å². The van der Waals surface area contributed by atoms with Crippen LogP contribution in [0.5, 0.6) is 0 Å². The molecule has 0 aliphatic heterocycles. The maximum Gasteiger partial charge on any atom is 0.0664 e. The molecule has 0 amide bonds. The van der Waals surface area contributed by atoms with Gasteiger partial charge in [-0.2, -0.15) is 5.10 Å². The molecule has 3 aromatic rings. The SMILES string of the molecule is Brc1ccccc1CCNCc1ccn2nccc2c1. The first-order valence-corrected chi connectivity index (χ1v) is 7.48. The Labute approximate surface area is 126 Å². The Morgan fingerprint density at radius 2 is 2.05 bits per heavy atom. The maximum atomic E-state index is 4.20. The van der Waals surface area contributed by atoms with Crippen LogP contribution in [0.25, 0.3) is 5.52 Å². The number of nitrogens with one attached hydrogen (secondary N) is 1. The lowest BCUT2D eigenvalue weighted by Gasteiger charge is -2.07. The molecule has 2 heterocycles. The van der Waals surface area contributed by atoms with Crippen LogP contribution in [-0.4, -0.2) is 16.2 Å². The van der Waals surface area contributed by atoms with Crippen LogP contribution in [0.15, 0.2) is 59.3 Å².